The molecule has 0 aliphatic carbocycles. The molecule has 2 aromatic heterocycles. The van der Waals surface area contributed by atoms with E-state index in [1.807, 2.05) is 27.7 Å². The number of piperidine rings is 1. The molecule has 1 aliphatic heterocycles. The third-order valence-corrected chi connectivity index (χ3v) is 7.14. The van der Waals surface area contributed by atoms with E-state index in [2.05, 4.69) is 33.7 Å². The van der Waals surface area contributed by atoms with Crippen LogP contribution in [0.15, 0.2) is 42.9 Å². The van der Waals surface area contributed by atoms with Crippen LogP contribution in [0.25, 0.3) is 11.3 Å². The number of nitrogens with zero attached hydrogens (tertiary/aromatic N) is 4. The third kappa shape index (κ3) is 7.33. The molecule has 0 amide bonds. The molecule has 214 valence electrons. The molecule has 1 aromatic carbocycles. The molecule has 1 aliphatic rings. The fourth-order valence-electron chi connectivity index (χ4n) is 4.83. The number of rotatable bonds is 9. The van der Waals surface area contributed by atoms with Crippen molar-refractivity contribution >= 4 is 11.7 Å². The standard InChI is InChI=1S/C31H39FN4O4/c1-20-26(28(29(37)38)40-30(2,3)4)27(36-14-12-31(5,6)13-15-36)23(17-33-20)24-18-35-25(19-34-24)39-16-11-21-7-9-22(32)10-8-21/h7-10,17-19,28H,11-16H2,1-6H3,(H,37,38)/t28-/m0/s1. The normalized spacial score (nSPS) is 16.0. The van der Waals surface area contributed by atoms with Gasteiger partial charge in [0, 0.05) is 42.5 Å². The van der Waals surface area contributed by atoms with Crippen LogP contribution in [0.1, 0.15) is 70.4 Å². The average Bonchev–Trinajstić information content (AvgIpc) is 2.88. The van der Waals surface area contributed by atoms with Crippen LogP contribution in [0.3, 0.4) is 0 Å². The number of carboxylic acid groups (broad SMARTS) is 1. The topological polar surface area (TPSA) is 97.7 Å². The van der Waals surface area contributed by atoms with Crippen LogP contribution < -0.4 is 9.64 Å². The van der Waals surface area contributed by atoms with Gasteiger partial charge in [-0.15, -0.1) is 0 Å². The highest BCUT2D eigenvalue weighted by Gasteiger charge is 2.36. The monoisotopic (exact) mass is 550 g/mol. The molecule has 0 unspecified atom stereocenters. The van der Waals surface area contributed by atoms with Gasteiger partial charge in [0.15, 0.2) is 6.10 Å². The molecule has 1 atom stereocenters. The lowest BCUT2D eigenvalue weighted by atomic mass is 9.82. The number of carboxylic acids is 1. The smallest absolute Gasteiger partial charge is 0.337 e. The fourth-order valence-corrected chi connectivity index (χ4v) is 4.83. The van der Waals surface area contributed by atoms with Crippen LogP contribution in [0, 0.1) is 18.2 Å². The van der Waals surface area contributed by atoms with Gasteiger partial charge in [0.25, 0.3) is 0 Å². The minimum Gasteiger partial charge on any atom is -0.479 e. The molecule has 3 heterocycles. The lowest BCUT2D eigenvalue weighted by Gasteiger charge is -2.40. The van der Waals surface area contributed by atoms with Crippen molar-refractivity contribution in [3.8, 4) is 17.1 Å². The molecule has 1 N–H and O–H groups in total. The summed E-state index contributed by atoms with van der Waals surface area (Å²) < 4.78 is 25.0. The Labute approximate surface area is 235 Å². The maximum atomic E-state index is 13.1. The van der Waals surface area contributed by atoms with E-state index in [0.717, 1.165) is 37.2 Å². The Balaban J connectivity index is 1.67. The summed E-state index contributed by atoms with van der Waals surface area (Å²) in [5, 5.41) is 10.3. The van der Waals surface area contributed by atoms with Gasteiger partial charge >= 0.3 is 5.97 Å². The van der Waals surface area contributed by atoms with Gasteiger partial charge in [0.1, 0.15) is 5.82 Å². The van der Waals surface area contributed by atoms with Gasteiger partial charge in [0.2, 0.25) is 5.88 Å². The number of aliphatic carboxylic acids is 1. The molecule has 0 bridgehead atoms. The van der Waals surface area contributed by atoms with Crippen molar-refractivity contribution in [2.45, 2.75) is 72.5 Å². The van der Waals surface area contributed by atoms with Crippen molar-refractivity contribution in [3.63, 3.8) is 0 Å². The molecule has 8 nitrogen and oxygen atoms in total. The maximum Gasteiger partial charge on any atom is 0.337 e. The second-order valence-electron chi connectivity index (χ2n) is 12.1. The third-order valence-electron chi connectivity index (χ3n) is 7.14. The number of halogens is 1. The number of anilines is 1. The fraction of sp³-hybridized carbons (Fsp3) is 0.484. The Morgan fingerprint density at radius 3 is 2.33 bits per heavy atom. The predicted octanol–water partition coefficient (Wildman–Crippen LogP) is 6.17. The first-order valence-electron chi connectivity index (χ1n) is 13.7. The largest absolute Gasteiger partial charge is 0.479 e. The van der Waals surface area contributed by atoms with Crippen molar-refractivity contribution in [2.24, 2.45) is 5.41 Å². The Morgan fingerprint density at radius 1 is 1.07 bits per heavy atom. The number of aromatic nitrogens is 3. The van der Waals surface area contributed by atoms with Crippen LogP contribution in [0.5, 0.6) is 5.88 Å². The Kier molecular flexibility index (Phi) is 8.73. The summed E-state index contributed by atoms with van der Waals surface area (Å²) in [7, 11) is 0. The van der Waals surface area contributed by atoms with Crippen LogP contribution in [-0.4, -0.2) is 51.3 Å². The zero-order valence-corrected chi connectivity index (χ0v) is 24.2. The Morgan fingerprint density at radius 2 is 1.75 bits per heavy atom. The van der Waals surface area contributed by atoms with Gasteiger partial charge in [0.05, 0.1) is 36.0 Å². The second kappa shape index (κ2) is 11.9. The summed E-state index contributed by atoms with van der Waals surface area (Å²) in [6.07, 6.45) is 6.27. The second-order valence-corrected chi connectivity index (χ2v) is 12.1. The summed E-state index contributed by atoms with van der Waals surface area (Å²) in [5.41, 5.74) is 3.69. The first-order valence-corrected chi connectivity index (χ1v) is 13.7. The van der Waals surface area contributed by atoms with Gasteiger partial charge < -0.3 is 19.5 Å². The number of carbonyl (C=O) groups is 1. The Bertz CT molecular complexity index is 1310. The van der Waals surface area contributed by atoms with Gasteiger partial charge in [-0.1, -0.05) is 26.0 Å². The van der Waals surface area contributed by atoms with E-state index >= 15 is 0 Å². The summed E-state index contributed by atoms with van der Waals surface area (Å²) in [4.78, 5) is 28.5. The minimum absolute atomic E-state index is 0.208. The quantitative estimate of drug-likeness (QED) is 0.338. The van der Waals surface area contributed by atoms with Crippen molar-refractivity contribution in [2.75, 3.05) is 24.6 Å². The SMILES string of the molecule is Cc1ncc(-c2cnc(OCCc3ccc(F)cc3)cn2)c(N2CCC(C)(C)CC2)c1[C@H](OC(C)(C)C)C(=O)O. The highest BCUT2D eigenvalue weighted by atomic mass is 19.1. The van der Waals surface area contributed by atoms with Crippen LogP contribution in [0.2, 0.25) is 0 Å². The number of pyridine rings is 1. The molecule has 3 aromatic rings. The molecule has 0 radical (unpaired) electrons. The van der Waals surface area contributed by atoms with E-state index in [1.54, 1.807) is 30.7 Å². The minimum atomic E-state index is -1.19. The average molecular weight is 551 g/mol. The molecular formula is C31H39FN4O4. The number of hydrogen-bond donors (Lipinski definition) is 1. The highest BCUT2D eigenvalue weighted by Crippen LogP contribution is 2.43. The van der Waals surface area contributed by atoms with E-state index in [1.165, 1.54) is 12.1 Å². The number of benzene rings is 1. The zero-order valence-electron chi connectivity index (χ0n) is 24.2. The molecule has 0 spiro atoms. The molecule has 1 fully saturated rings. The lowest BCUT2D eigenvalue weighted by Crippen LogP contribution is -2.39. The molecule has 1 saturated heterocycles. The van der Waals surface area contributed by atoms with E-state index < -0.39 is 17.7 Å². The molecule has 0 saturated carbocycles. The summed E-state index contributed by atoms with van der Waals surface area (Å²) >= 11 is 0. The van der Waals surface area contributed by atoms with Crippen molar-refractivity contribution < 1.29 is 23.8 Å². The number of ether oxygens (including phenoxy) is 2. The molecule has 4 rings (SSSR count). The number of aryl methyl sites for hydroxylation is 1. The summed E-state index contributed by atoms with van der Waals surface area (Å²) in [6, 6.07) is 6.31. The molecule has 9 heteroatoms. The number of hydrogen-bond acceptors (Lipinski definition) is 7. The van der Waals surface area contributed by atoms with Gasteiger partial charge in [-0.25, -0.2) is 19.2 Å². The maximum absolute atomic E-state index is 13.1. The summed E-state index contributed by atoms with van der Waals surface area (Å²) in [6.45, 7) is 13.8. The highest BCUT2D eigenvalue weighted by molar-refractivity contribution is 5.85. The van der Waals surface area contributed by atoms with Crippen molar-refractivity contribution in [1.82, 2.24) is 15.0 Å². The van der Waals surface area contributed by atoms with E-state index in [0.29, 0.717) is 41.4 Å². The predicted molar refractivity (Wildman–Crippen MR) is 152 cm³/mol. The van der Waals surface area contributed by atoms with Crippen LogP contribution in [-0.2, 0) is 16.0 Å². The van der Waals surface area contributed by atoms with Gasteiger partial charge in [-0.2, -0.15) is 0 Å². The first kappa shape index (κ1) is 29.4. The zero-order chi connectivity index (χ0) is 29.1. The first-order chi connectivity index (χ1) is 18.8. The summed E-state index contributed by atoms with van der Waals surface area (Å²) in [5.74, 6) is -0.967. The van der Waals surface area contributed by atoms with Crippen LogP contribution in [0.4, 0.5) is 10.1 Å². The van der Waals surface area contributed by atoms with Crippen LogP contribution >= 0.6 is 0 Å². The van der Waals surface area contributed by atoms with Crippen molar-refractivity contribution in [1.29, 1.82) is 0 Å². The van der Waals surface area contributed by atoms with Crippen molar-refractivity contribution in [3.05, 3.63) is 65.5 Å². The van der Waals surface area contributed by atoms with E-state index in [9.17, 15) is 14.3 Å². The molecular weight excluding hydrogens is 511 g/mol. The molecule has 40 heavy (non-hydrogen) atoms. The lowest BCUT2D eigenvalue weighted by molar-refractivity contribution is -0.160. The van der Waals surface area contributed by atoms with Gasteiger partial charge in [-0.3, -0.25) is 4.98 Å². The Hall–Kier alpha value is -3.59. The van der Waals surface area contributed by atoms with E-state index in [-0.39, 0.29) is 11.2 Å². The van der Waals surface area contributed by atoms with E-state index in [4.69, 9.17) is 9.47 Å². The van der Waals surface area contributed by atoms with Gasteiger partial charge in [-0.05, 0) is 63.6 Å².